The molecule has 0 fully saturated rings. The lowest BCUT2D eigenvalue weighted by molar-refractivity contribution is -0.120. The number of nitrogens with one attached hydrogen (secondary N) is 1. The highest BCUT2D eigenvalue weighted by Gasteiger charge is 2.29. The molecule has 1 amide bonds. The summed E-state index contributed by atoms with van der Waals surface area (Å²) in [6.07, 6.45) is 0. The first-order valence-electron chi connectivity index (χ1n) is 11.6. The maximum absolute atomic E-state index is 13.7. The van der Waals surface area contributed by atoms with Crippen LogP contribution in [0.3, 0.4) is 0 Å². The molecule has 0 spiro atoms. The molecular formula is C29H26Cl2N2O3S. The minimum atomic E-state index is -4.12. The van der Waals surface area contributed by atoms with Crippen LogP contribution in [0.2, 0.25) is 10.0 Å². The normalized spacial score (nSPS) is 12.1. The molecule has 0 aromatic heterocycles. The minimum absolute atomic E-state index is 0.0560. The van der Waals surface area contributed by atoms with Crippen LogP contribution in [0.5, 0.6) is 0 Å². The van der Waals surface area contributed by atoms with E-state index in [0.717, 1.165) is 26.6 Å². The van der Waals surface area contributed by atoms with Crippen LogP contribution >= 0.6 is 23.2 Å². The molecular weight excluding hydrogens is 527 g/mol. The number of benzene rings is 4. The van der Waals surface area contributed by atoms with Crippen LogP contribution in [0.1, 0.15) is 28.3 Å². The third-order valence-corrected chi connectivity index (χ3v) is 8.19. The molecule has 4 aromatic rings. The standard InChI is InChI=1S/C29H26Cl2N2O3S/c1-20-12-14-26(15-13-20)37(35,36)33(25-17-23(30)16-24(31)18-25)19-28(34)32-29(22-9-4-3-5-10-22)27-11-7-6-8-21(27)2/h3-18,29H,19H2,1-2H3,(H,32,34). The van der Waals surface area contributed by atoms with Gasteiger partial charge in [-0.2, -0.15) is 0 Å². The minimum Gasteiger partial charge on any atom is -0.344 e. The second kappa shape index (κ2) is 11.4. The van der Waals surface area contributed by atoms with Gasteiger partial charge in [0.05, 0.1) is 16.6 Å². The monoisotopic (exact) mass is 552 g/mol. The number of aryl methyl sites for hydroxylation is 2. The maximum atomic E-state index is 13.7. The molecule has 190 valence electrons. The summed E-state index contributed by atoms with van der Waals surface area (Å²) in [6.45, 7) is 3.37. The smallest absolute Gasteiger partial charge is 0.264 e. The number of rotatable bonds is 8. The Morgan fingerprint density at radius 2 is 1.43 bits per heavy atom. The van der Waals surface area contributed by atoms with E-state index in [1.807, 2.05) is 68.4 Å². The van der Waals surface area contributed by atoms with Gasteiger partial charge in [0.2, 0.25) is 5.91 Å². The number of carbonyl (C=O) groups is 1. The van der Waals surface area contributed by atoms with E-state index >= 15 is 0 Å². The molecule has 0 saturated carbocycles. The molecule has 4 rings (SSSR count). The first kappa shape index (κ1) is 26.7. The molecule has 4 aromatic carbocycles. The molecule has 0 radical (unpaired) electrons. The topological polar surface area (TPSA) is 66.5 Å². The third kappa shape index (κ3) is 6.34. The van der Waals surface area contributed by atoms with Crippen molar-refractivity contribution < 1.29 is 13.2 Å². The Morgan fingerprint density at radius 1 is 0.838 bits per heavy atom. The number of halogens is 2. The number of sulfonamides is 1. The Labute approximate surface area is 227 Å². The zero-order valence-electron chi connectivity index (χ0n) is 20.4. The number of amides is 1. The Morgan fingerprint density at radius 3 is 2.05 bits per heavy atom. The van der Waals surface area contributed by atoms with E-state index in [4.69, 9.17) is 23.2 Å². The van der Waals surface area contributed by atoms with Gasteiger partial charge in [0.25, 0.3) is 10.0 Å². The van der Waals surface area contributed by atoms with Crippen molar-refractivity contribution in [3.8, 4) is 0 Å². The molecule has 1 N–H and O–H groups in total. The van der Waals surface area contributed by atoms with Crippen molar-refractivity contribution in [2.45, 2.75) is 24.8 Å². The van der Waals surface area contributed by atoms with Gasteiger partial charge >= 0.3 is 0 Å². The SMILES string of the molecule is Cc1ccc(S(=O)(=O)N(CC(=O)NC(c2ccccc2)c2ccccc2C)c2cc(Cl)cc(Cl)c2)cc1. The summed E-state index contributed by atoms with van der Waals surface area (Å²) in [7, 11) is -4.12. The van der Waals surface area contributed by atoms with Crippen molar-refractivity contribution >= 4 is 44.8 Å². The molecule has 5 nitrogen and oxygen atoms in total. The molecule has 0 heterocycles. The zero-order chi connectivity index (χ0) is 26.6. The summed E-state index contributed by atoms with van der Waals surface area (Å²) in [5.74, 6) is -0.483. The van der Waals surface area contributed by atoms with Crippen LogP contribution in [0.15, 0.2) is 102 Å². The van der Waals surface area contributed by atoms with E-state index in [1.54, 1.807) is 12.1 Å². The van der Waals surface area contributed by atoms with Crippen LogP contribution in [-0.2, 0) is 14.8 Å². The Hall–Kier alpha value is -3.32. The Balaban J connectivity index is 1.73. The molecule has 0 bridgehead atoms. The van der Waals surface area contributed by atoms with E-state index in [1.165, 1.54) is 30.3 Å². The third-order valence-electron chi connectivity index (χ3n) is 5.97. The van der Waals surface area contributed by atoms with Crippen LogP contribution < -0.4 is 9.62 Å². The average Bonchev–Trinajstić information content (AvgIpc) is 2.86. The molecule has 0 aliphatic rings. The second-order valence-electron chi connectivity index (χ2n) is 8.72. The summed E-state index contributed by atoms with van der Waals surface area (Å²) in [5, 5.41) is 3.56. The molecule has 0 aliphatic carbocycles. The van der Waals surface area contributed by atoms with Crippen molar-refractivity contribution in [2.24, 2.45) is 0 Å². The molecule has 8 heteroatoms. The number of hydrogen-bond acceptors (Lipinski definition) is 3. The predicted molar refractivity (Wildman–Crippen MR) is 150 cm³/mol. The van der Waals surface area contributed by atoms with E-state index < -0.39 is 28.5 Å². The molecule has 1 unspecified atom stereocenters. The molecule has 1 atom stereocenters. The largest absolute Gasteiger partial charge is 0.344 e. The van der Waals surface area contributed by atoms with Crippen LogP contribution in [0, 0.1) is 13.8 Å². The lowest BCUT2D eigenvalue weighted by Crippen LogP contribution is -2.42. The quantitative estimate of drug-likeness (QED) is 0.264. The molecule has 37 heavy (non-hydrogen) atoms. The van der Waals surface area contributed by atoms with Crippen LogP contribution in [0.25, 0.3) is 0 Å². The van der Waals surface area contributed by atoms with Gasteiger partial charge in [-0.15, -0.1) is 0 Å². The van der Waals surface area contributed by atoms with E-state index in [2.05, 4.69) is 5.32 Å². The fourth-order valence-electron chi connectivity index (χ4n) is 4.07. The Bertz CT molecular complexity index is 1490. The summed E-state index contributed by atoms with van der Waals surface area (Å²) >= 11 is 12.4. The summed E-state index contributed by atoms with van der Waals surface area (Å²) in [4.78, 5) is 13.6. The number of anilines is 1. The van der Waals surface area contributed by atoms with Gasteiger partial charge in [0, 0.05) is 10.0 Å². The lowest BCUT2D eigenvalue weighted by atomic mass is 9.95. The van der Waals surface area contributed by atoms with Gasteiger partial charge in [0.1, 0.15) is 6.54 Å². The van der Waals surface area contributed by atoms with Crippen molar-refractivity contribution in [3.63, 3.8) is 0 Å². The first-order valence-corrected chi connectivity index (χ1v) is 13.8. The van der Waals surface area contributed by atoms with Gasteiger partial charge in [-0.1, -0.05) is 95.5 Å². The van der Waals surface area contributed by atoms with Crippen LogP contribution in [-0.4, -0.2) is 20.9 Å². The lowest BCUT2D eigenvalue weighted by Gasteiger charge is -2.27. The number of hydrogen-bond donors (Lipinski definition) is 1. The van der Waals surface area contributed by atoms with Gasteiger partial charge in [0.15, 0.2) is 0 Å². The summed E-state index contributed by atoms with van der Waals surface area (Å²) in [5.41, 5.74) is 3.91. The highest BCUT2D eigenvalue weighted by molar-refractivity contribution is 7.92. The van der Waals surface area contributed by atoms with Crippen LogP contribution in [0.4, 0.5) is 5.69 Å². The Kier molecular flexibility index (Phi) is 8.22. The maximum Gasteiger partial charge on any atom is 0.264 e. The predicted octanol–water partition coefficient (Wildman–Crippen LogP) is 6.71. The van der Waals surface area contributed by atoms with Crippen molar-refractivity contribution in [1.29, 1.82) is 0 Å². The molecule has 0 saturated heterocycles. The number of nitrogens with zero attached hydrogens (tertiary/aromatic N) is 1. The summed E-state index contributed by atoms with van der Waals surface area (Å²) < 4.78 is 28.5. The highest BCUT2D eigenvalue weighted by Crippen LogP contribution is 2.30. The molecule has 0 aliphatic heterocycles. The number of carbonyl (C=O) groups excluding carboxylic acids is 1. The van der Waals surface area contributed by atoms with Gasteiger partial charge < -0.3 is 5.32 Å². The van der Waals surface area contributed by atoms with Gasteiger partial charge in [-0.3, -0.25) is 9.10 Å². The second-order valence-corrected chi connectivity index (χ2v) is 11.5. The van der Waals surface area contributed by atoms with E-state index in [-0.39, 0.29) is 20.6 Å². The van der Waals surface area contributed by atoms with E-state index in [0.29, 0.717) is 0 Å². The zero-order valence-corrected chi connectivity index (χ0v) is 22.7. The van der Waals surface area contributed by atoms with E-state index in [9.17, 15) is 13.2 Å². The van der Waals surface area contributed by atoms with Gasteiger partial charge in [-0.25, -0.2) is 8.42 Å². The summed E-state index contributed by atoms with van der Waals surface area (Å²) in [6, 6.07) is 27.7. The fraction of sp³-hybridized carbons (Fsp3) is 0.138. The van der Waals surface area contributed by atoms with Crippen molar-refractivity contribution in [2.75, 3.05) is 10.8 Å². The van der Waals surface area contributed by atoms with Gasteiger partial charge in [-0.05, 0) is 60.9 Å². The van der Waals surface area contributed by atoms with Crippen molar-refractivity contribution in [3.05, 3.63) is 129 Å². The average molecular weight is 554 g/mol. The fourth-order valence-corrected chi connectivity index (χ4v) is 5.99. The highest BCUT2D eigenvalue weighted by atomic mass is 35.5. The first-order chi connectivity index (χ1) is 17.6. The van der Waals surface area contributed by atoms with Crippen molar-refractivity contribution in [1.82, 2.24) is 5.32 Å².